The van der Waals surface area contributed by atoms with E-state index in [1.807, 2.05) is 24.5 Å². The van der Waals surface area contributed by atoms with Gasteiger partial charge in [0.1, 0.15) is 0 Å². The second kappa shape index (κ2) is 7.31. The Morgan fingerprint density at radius 1 is 1.11 bits per heavy atom. The fraction of sp³-hybridized carbons (Fsp3) is 0.400. The predicted molar refractivity (Wildman–Crippen MR) is 101 cm³/mol. The largest absolute Gasteiger partial charge is 0.462 e. The second-order valence-electron chi connectivity index (χ2n) is 7.10. The van der Waals surface area contributed by atoms with E-state index in [2.05, 4.69) is 0 Å². The molecule has 1 unspecified atom stereocenters. The van der Waals surface area contributed by atoms with Crippen LogP contribution in [0.5, 0.6) is 0 Å². The van der Waals surface area contributed by atoms with Crippen LogP contribution in [0.1, 0.15) is 54.4 Å². The average Bonchev–Trinajstić information content (AvgIpc) is 3.04. The second-order valence-corrected chi connectivity index (χ2v) is 9.12. The molecule has 1 aliphatic rings. The van der Waals surface area contributed by atoms with Crippen LogP contribution in [0, 0.1) is 0 Å². The summed E-state index contributed by atoms with van der Waals surface area (Å²) in [5, 5.41) is 0. The Hall–Kier alpha value is -2.41. The summed E-state index contributed by atoms with van der Waals surface area (Å²) in [6, 6.07) is 9.45. The summed E-state index contributed by atoms with van der Waals surface area (Å²) in [7, 11) is -3.31. The topological polar surface area (TPSA) is 82.4 Å². The van der Waals surface area contributed by atoms with Crippen LogP contribution < -0.4 is 0 Å². The average molecular weight is 389 g/mol. The number of sulfone groups is 1. The van der Waals surface area contributed by atoms with Gasteiger partial charge in [0.05, 0.1) is 22.6 Å². The van der Waals surface area contributed by atoms with Crippen molar-refractivity contribution >= 4 is 21.6 Å². The van der Waals surface area contributed by atoms with E-state index in [0.29, 0.717) is 24.2 Å². The third kappa shape index (κ3) is 3.98. The van der Waals surface area contributed by atoms with Gasteiger partial charge < -0.3 is 9.30 Å². The molecule has 3 rings (SSSR count). The molecule has 2 aromatic rings. The van der Waals surface area contributed by atoms with Crippen molar-refractivity contribution in [2.45, 2.75) is 50.2 Å². The van der Waals surface area contributed by atoms with E-state index in [1.165, 1.54) is 24.3 Å². The SMILES string of the molecule is CC(C)OC(=O)C1CCCn2c(C(=O)c3ccc(S(C)(=O)=O)cc3)ccc21. The van der Waals surface area contributed by atoms with Crippen molar-refractivity contribution in [2.75, 3.05) is 6.26 Å². The molecule has 0 N–H and O–H groups in total. The van der Waals surface area contributed by atoms with Crippen LogP contribution in [-0.4, -0.2) is 37.1 Å². The highest BCUT2D eigenvalue weighted by Crippen LogP contribution is 2.31. The van der Waals surface area contributed by atoms with E-state index in [0.717, 1.165) is 18.4 Å². The first-order valence-corrected chi connectivity index (χ1v) is 10.8. The number of ether oxygens (including phenoxy) is 1. The summed E-state index contributed by atoms with van der Waals surface area (Å²) in [5.41, 5.74) is 1.71. The zero-order chi connectivity index (χ0) is 19.8. The van der Waals surface area contributed by atoms with Crippen LogP contribution in [0.3, 0.4) is 0 Å². The number of hydrogen-bond acceptors (Lipinski definition) is 5. The van der Waals surface area contributed by atoms with Crippen molar-refractivity contribution in [3.8, 4) is 0 Å². The van der Waals surface area contributed by atoms with Gasteiger partial charge in [0, 0.05) is 24.1 Å². The summed E-state index contributed by atoms with van der Waals surface area (Å²) in [6.45, 7) is 4.29. The molecule has 0 saturated carbocycles. The molecule has 1 aliphatic heterocycles. The third-order valence-electron chi connectivity index (χ3n) is 4.66. The first-order chi connectivity index (χ1) is 12.7. The number of aromatic nitrogens is 1. The van der Waals surface area contributed by atoms with Crippen molar-refractivity contribution in [2.24, 2.45) is 0 Å². The predicted octanol–water partition coefficient (Wildman–Crippen LogP) is 2.95. The van der Waals surface area contributed by atoms with Crippen molar-refractivity contribution in [3.05, 3.63) is 53.3 Å². The number of ketones is 1. The number of carbonyl (C=O) groups is 2. The maximum atomic E-state index is 12.9. The molecule has 0 bridgehead atoms. The fourth-order valence-electron chi connectivity index (χ4n) is 3.39. The summed E-state index contributed by atoms with van der Waals surface area (Å²) in [5.74, 6) is -0.824. The summed E-state index contributed by atoms with van der Waals surface area (Å²) in [6.07, 6.45) is 2.43. The number of rotatable bonds is 5. The Morgan fingerprint density at radius 3 is 2.37 bits per heavy atom. The molecule has 0 saturated heterocycles. The highest BCUT2D eigenvalue weighted by atomic mass is 32.2. The lowest BCUT2D eigenvalue weighted by Crippen LogP contribution is -2.27. The number of esters is 1. The lowest BCUT2D eigenvalue weighted by molar-refractivity contribution is -0.149. The Balaban J connectivity index is 1.90. The van der Waals surface area contributed by atoms with E-state index in [1.54, 1.807) is 6.07 Å². The van der Waals surface area contributed by atoms with E-state index >= 15 is 0 Å². The van der Waals surface area contributed by atoms with Gasteiger partial charge in [0.25, 0.3) is 0 Å². The summed E-state index contributed by atoms with van der Waals surface area (Å²) < 4.78 is 30.4. The number of benzene rings is 1. The number of carbonyl (C=O) groups excluding carboxylic acids is 2. The highest BCUT2D eigenvalue weighted by molar-refractivity contribution is 7.90. The molecule has 6 nitrogen and oxygen atoms in total. The fourth-order valence-corrected chi connectivity index (χ4v) is 4.02. The maximum Gasteiger partial charge on any atom is 0.315 e. The van der Waals surface area contributed by atoms with E-state index in [9.17, 15) is 18.0 Å². The minimum Gasteiger partial charge on any atom is -0.462 e. The van der Waals surface area contributed by atoms with Gasteiger partial charge in [0.2, 0.25) is 5.78 Å². The first-order valence-electron chi connectivity index (χ1n) is 8.93. The van der Waals surface area contributed by atoms with E-state index < -0.39 is 9.84 Å². The minimum absolute atomic E-state index is 0.174. The summed E-state index contributed by atoms with van der Waals surface area (Å²) in [4.78, 5) is 25.5. The highest BCUT2D eigenvalue weighted by Gasteiger charge is 2.31. The Labute approximate surface area is 159 Å². The van der Waals surface area contributed by atoms with Crippen LogP contribution in [0.2, 0.25) is 0 Å². The zero-order valence-corrected chi connectivity index (χ0v) is 16.5. The monoisotopic (exact) mass is 389 g/mol. The van der Waals surface area contributed by atoms with Gasteiger partial charge in [-0.15, -0.1) is 0 Å². The normalized spacial score (nSPS) is 16.8. The van der Waals surface area contributed by atoms with Crippen molar-refractivity contribution in [1.82, 2.24) is 4.57 Å². The molecule has 0 radical (unpaired) electrons. The molecule has 1 aromatic heterocycles. The molecule has 0 fully saturated rings. The molecule has 144 valence electrons. The van der Waals surface area contributed by atoms with Gasteiger partial charge in [-0.05, 0) is 63.1 Å². The molecule has 1 atom stereocenters. The lowest BCUT2D eigenvalue weighted by atomic mass is 9.96. The summed E-state index contributed by atoms with van der Waals surface area (Å²) >= 11 is 0. The lowest BCUT2D eigenvalue weighted by Gasteiger charge is -2.25. The molecule has 1 aromatic carbocycles. The molecule has 2 heterocycles. The molecular weight excluding hydrogens is 366 g/mol. The third-order valence-corrected chi connectivity index (χ3v) is 5.79. The van der Waals surface area contributed by atoms with Crippen LogP contribution in [0.15, 0.2) is 41.3 Å². The Bertz CT molecular complexity index is 970. The van der Waals surface area contributed by atoms with Gasteiger partial charge in [-0.25, -0.2) is 8.42 Å². The van der Waals surface area contributed by atoms with Crippen LogP contribution in [0.4, 0.5) is 0 Å². The molecule has 0 amide bonds. The molecule has 0 spiro atoms. The first kappa shape index (κ1) is 19.4. The van der Waals surface area contributed by atoms with Gasteiger partial charge in [0.15, 0.2) is 9.84 Å². The maximum absolute atomic E-state index is 12.9. The minimum atomic E-state index is -3.31. The van der Waals surface area contributed by atoms with E-state index in [4.69, 9.17) is 4.74 Å². The van der Waals surface area contributed by atoms with Crippen molar-refractivity contribution in [1.29, 1.82) is 0 Å². The van der Waals surface area contributed by atoms with E-state index in [-0.39, 0.29) is 28.7 Å². The number of hydrogen-bond donors (Lipinski definition) is 0. The number of nitrogens with zero attached hydrogens (tertiary/aromatic N) is 1. The van der Waals surface area contributed by atoms with Gasteiger partial charge in [-0.1, -0.05) is 0 Å². The quantitative estimate of drug-likeness (QED) is 0.580. The molecule has 7 heteroatoms. The Kier molecular flexibility index (Phi) is 5.24. The van der Waals surface area contributed by atoms with Crippen LogP contribution >= 0.6 is 0 Å². The zero-order valence-electron chi connectivity index (χ0n) is 15.6. The van der Waals surface area contributed by atoms with Gasteiger partial charge >= 0.3 is 5.97 Å². The smallest absolute Gasteiger partial charge is 0.315 e. The van der Waals surface area contributed by atoms with Crippen molar-refractivity contribution < 1.29 is 22.7 Å². The van der Waals surface area contributed by atoms with Crippen LogP contribution in [0.25, 0.3) is 0 Å². The van der Waals surface area contributed by atoms with Crippen LogP contribution in [-0.2, 0) is 25.9 Å². The van der Waals surface area contributed by atoms with Crippen molar-refractivity contribution in [3.63, 3.8) is 0 Å². The molecule has 0 aliphatic carbocycles. The Morgan fingerprint density at radius 2 is 1.78 bits per heavy atom. The standard InChI is InChI=1S/C20H23NO5S/c1-13(2)26-20(23)16-5-4-12-21-17(16)10-11-18(21)19(22)14-6-8-15(9-7-14)27(3,24)25/h6-11,13,16H,4-5,12H2,1-3H3. The van der Waals surface area contributed by atoms with Gasteiger partial charge in [-0.2, -0.15) is 0 Å². The molecular formula is C20H23NO5S. The number of fused-ring (bicyclic) bond motifs is 1. The van der Waals surface area contributed by atoms with Gasteiger partial charge in [-0.3, -0.25) is 9.59 Å². The molecule has 27 heavy (non-hydrogen) atoms.